The summed E-state index contributed by atoms with van der Waals surface area (Å²) < 4.78 is 29.4. The van der Waals surface area contributed by atoms with Gasteiger partial charge in [0, 0.05) is 43.9 Å². The first kappa shape index (κ1) is 87.1. The van der Waals surface area contributed by atoms with E-state index in [9.17, 15) is 34.5 Å². The molecule has 528 valence electrons. The van der Waals surface area contributed by atoms with Crippen LogP contribution in [0.5, 0.6) is 23.0 Å². The number of aromatic hydroxyl groups is 3. The van der Waals surface area contributed by atoms with Gasteiger partial charge in [0.05, 0.1) is 12.0 Å². The first-order valence-electron chi connectivity index (χ1n) is 34.5. The molecule has 1 heterocycles. The molecule has 1 aliphatic rings. The second-order valence-corrected chi connectivity index (χ2v) is 31.6. The minimum Gasteiger partial charge on any atom is -0.507 e. The summed E-state index contributed by atoms with van der Waals surface area (Å²) in [4.78, 5) is 51.2. The number of esters is 3. The molecule has 93 heavy (non-hydrogen) atoms. The Labute approximate surface area is 566 Å². The second kappa shape index (κ2) is 36.3. The van der Waals surface area contributed by atoms with Crippen LogP contribution in [-0.4, -0.2) is 73.1 Å². The van der Waals surface area contributed by atoms with Crippen LogP contribution in [0.3, 0.4) is 0 Å². The largest absolute Gasteiger partial charge is 0.507 e. The third-order valence-corrected chi connectivity index (χ3v) is 15.8. The van der Waals surface area contributed by atoms with Crippen LogP contribution in [0.25, 0.3) is 0 Å². The number of carbonyl (C=O) groups excluding carboxylic acids is 4. The number of fused-ring (bicyclic) bond motifs is 1. The summed E-state index contributed by atoms with van der Waals surface area (Å²) in [5.74, 6) is 0.359. The Kier molecular flexibility index (Phi) is 34.0. The second-order valence-electron chi connectivity index (χ2n) is 31.6. The van der Waals surface area contributed by atoms with Gasteiger partial charge in [0.2, 0.25) is 0 Å². The summed E-state index contributed by atoms with van der Waals surface area (Å²) in [6.07, 6.45) is 3.60. The summed E-state index contributed by atoms with van der Waals surface area (Å²) in [6.45, 7) is 62.7. The molecule has 0 fully saturated rings. The average Bonchev–Trinajstić information content (AvgIpc) is 0.739. The number of aldehydes is 1. The molecule has 1 aliphatic heterocycles. The first-order chi connectivity index (χ1) is 42.6. The van der Waals surface area contributed by atoms with Crippen molar-refractivity contribution in [3.63, 3.8) is 0 Å². The molecule has 0 unspecified atom stereocenters. The third-order valence-electron chi connectivity index (χ3n) is 15.8. The predicted molar refractivity (Wildman–Crippen MR) is 387 cm³/mol. The van der Waals surface area contributed by atoms with Gasteiger partial charge in [-0.1, -0.05) is 243 Å². The maximum absolute atomic E-state index is 13.6. The lowest BCUT2D eigenvalue weighted by molar-refractivity contribution is -0.166. The fraction of sp³-hybridized carbons (Fsp3) is 0.654. The minimum absolute atomic E-state index is 0.0417. The zero-order valence-electron chi connectivity index (χ0n) is 64.7. The molecule has 0 bridgehead atoms. The highest BCUT2D eigenvalue weighted by atomic mass is 16.6. The van der Waals surface area contributed by atoms with E-state index in [2.05, 4.69) is 46.8 Å². The standard InChI is InChI=1S/C57H86O10.C16H22O2.4C2H6/c1-51(2,3)39-26-36(27-40(48(39)61)52(4,5)6)20-23-45(58)65-33-57(32-64-19,34-66-46(59)24-21-37-28-41(53(7,8)9)49(62)42(29-37)54(10,11)12)35-67-47(60)25-22-38-30-43(55(13,14)15)50(63)44(31-38)56(16,17)18;1-15(2,3)12-9-11(7-6-8-17)10-13-14(12)18-16(13,4)5;4*1-2/h26-31,61-63H,20-25,32-35H2,1-19H3;8-10H,6-7H2,1-5H3;4*1-2H3. The maximum Gasteiger partial charge on any atom is 0.306 e. The molecule has 0 spiro atoms. The number of hydrogen-bond donors (Lipinski definition) is 3. The Bertz CT molecular complexity index is 2650. The van der Waals surface area contributed by atoms with Crippen LogP contribution in [0.15, 0.2) is 48.5 Å². The number of ether oxygens (including phenoxy) is 5. The monoisotopic (exact) mass is 1300 g/mol. The van der Waals surface area contributed by atoms with Gasteiger partial charge in [-0.2, -0.15) is 0 Å². The summed E-state index contributed by atoms with van der Waals surface area (Å²) in [5, 5.41) is 33.7. The van der Waals surface area contributed by atoms with Crippen LogP contribution >= 0.6 is 0 Å². The van der Waals surface area contributed by atoms with E-state index in [1.54, 1.807) is 0 Å². The molecule has 12 heteroatoms. The lowest BCUT2D eigenvalue weighted by atomic mass is 9.78. The van der Waals surface area contributed by atoms with Gasteiger partial charge in [0.1, 0.15) is 54.7 Å². The van der Waals surface area contributed by atoms with E-state index < -0.39 is 23.3 Å². The van der Waals surface area contributed by atoms with Crippen LogP contribution in [0, 0.1) is 5.41 Å². The summed E-state index contributed by atoms with van der Waals surface area (Å²) >= 11 is 0. The van der Waals surface area contributed by atoms with Crippen molar-refractivity contribution in [2.75, 3.05) is 33.5 Å². The van der Waals surface area contributed by atoms with Gasteiger partial charge in [0.25, 0.3) is 0 Å². The van der Waals surface area contributed by atoms with Gasteiger partial charge < -0.3 is 43.8 Å². The fourth-order valence-corrected chi connectivity index (χ4v) is 10.6. The van der Waals surface area contributed by atoms with Crippen molar-refractivity contribution in [3.05, 3.63) is 115 Å². The van der Waals surface area contributed by atoms with E-state index in [-0.39, 0.29) is 106 Å². The molecule has 0 aliphatic carbocycles. The number of hydrogen-bond acceptors (Lipinski definition) is 12. The van der Waals surface area contributed by atoms with Crippen LogP contribution in [0.2, 0.25) is 0 Å². The molecule has 0 aromatic heterocycles. The molecule has 0 saturated carbocycles. The number of rotatable bonds is 20. The summed E-state index contributed by atoms with van der Waals surface area (Å²) in [5.41, 5.74) is 7.89. The van der Waals surface area contributed by atoms with Crippen molar-refractivity contribution >= 4 is 24.2 Å². The Morgan fingerprint density at radius 3 is 0.849 bits per heavy atom. The van der Waals surface area contributed by atoms with E-state index in [0.717, 1.165) is 68.5 Å². The highest BCUT2D eigenvalue weighted by Gasteiger charge is 2.41. The summed E-state index contributed by atoms with van der Waals surface area (Å²) in [7, 11) is 1.49. The Hall–Kier alpha value is -5.88. The molecule has 0 amide bonds. The van der Waals surface area contributed by atoms with E-state index in [4.69, 9.17) is 23.7 Å². The van der Waals surface area contributed by atoms with E-state index in [1.165, 1.54) is 23.8 Å². The molecule has 4 aromatic rings. The van der Waals surface area contributed by atoms with E-state index in [1.807, 2.05) is 216 Å². The smallest absolute Gasteiger partial charge is 0.306 e. The summed E-state index contributed by atoms with van der Waals surface area (Å²) in [6, 6.07) is 16.1. The van der Waals surface area contributed by atoms with Gasteiger partial charge in [-0.3, -0.25) is 14.4 Å². The lowest BCUT2D eigenvalue weighted by Crippen LogP contribution is -2.43. The van der Waals surface area contributed by atoms with Gasteiger partial charge in [-0.05, 0) is 139 Å². The van der Waals surface area contributed by atoms with Crippen LogP contribution in [0.4, 0.5) is 0 Å². The Morgan fingerprint density at radius 1 is 0.398 bits per heavy atom. The Morgan fingerprint density at radius 2 is 0.634 bits per heavy atom. The fourth-order valence-electron chi connectivity index (χ4n) is 10.6. The quantitative estimate of drug-likeness (QED) is 0.0434. The normalized spacial score (nSPS) is 12.9. The molecule has 3 N–H and O–H groups in total. The third kappa shape index (κ3) is 26.3. The molecule has 0 radical (unpaired) electrons. The van der Waals surface area contributed by atoms with Crippen molar-refractivity contribution in [3.8, 4) is 23.0 Å². The van der Waals surface area contributed by atoms with Gasteiger partial charge in [0.15, 0.2) is 0 Å². The van der Waals surface area contributed by atoms with Crippen LogP contribution in [0.1, 0.15) is 307 Å². The number of phenolic OH excluding ortho intramolecular Hbond substituents is 3. The Balaban J connectivity index is 0.00000272. The molecular formula is C81H132O12. The van der Waals surface area contributed by atoms with Crippen molar-refractivity contribution in [2.24, 2.45) is 5.41 Å². The topological polar surface area (TPSA) is 175 Å². The van der Waals surface area contributed by atoms with Crippen molar-refractivity contribution in [2.45, 2.75) is 310 Å². The predicted octanol–water partition coefficient (Wildman–Crippen LogP) is 19.9. The van der Waals surface area contributed by atoms with Gasteiger partial charge >= 0.3 is 17.9 Å². The number of aryl methyl sites for hydroxylation is 4. The lowest BCUT2D eigenvalue weighted by Gasteiger charge is -2.42. The SMILES string of the molecule is CC.CC.CC.CC.CC(C)(C)c1cc(CCC=O)cc2c1OC2(C)C.COCC(COC(=O)CCc1cc(C(C)(C)C)c(O)c(C(C)(C)C)c1)(COC(=O)CCc1cc(C(C)(C)C)c(O)c(C(C)(C)C)c1)COC(=O)CCc1cc(C(C)(C)C)c(O)c(C(C)(C)C)c1. The number of phenols is 3. The zero-order valence-corrected chi connectivity index (χ0v) is 64.7. The van der Waals surface area contributed by atoms with Crippen molar-refractivity contribution in [1.82, 2.24) is 0 Å². The molecule has 5 rings (SSSR count). The molecular weight excluding hydrogens is 1160 g/mol. The number of carbonyl (C=O) groups is 4. The first-order valence-corrected chi connectivity index (χ1v) is 34.5. The highest BCUT2D eigenvalue weighted by Crippen LogP contribution is 2.50. The molecule has 12 nitrogen and oxygen atoms in total. The minimum atomic E-state index is -1.23. The van der Waals surface area contributed by atoms with E-state index in [0.29, 0.717) is 25.7 Å². The number of benzene rings is 4. The zero-order chi connectivity index (χ0) is 72.9. The van der Waals surface area contributed by atoms with Gasteiger partial charge in [-0.15, -0.1) is 0 Å². The van der Waals surface area contributed by atoms with Crippen LogP contribution < -0.4 is 4.74 Å². The molecule has 0 saturated heterocycles. The van der Waals surface area contributed by atoms with E-state index >= 15 is 0 Å². The van der Waals surface area contributed by atoms with Crippen LogP contribution in [-0.2, 0) is 107 Å². The highest BCUT2D eigenvalue weighted by molar-refractivity contribution is 5.71. The van der Waals surface area contributed by atoms with Gasteiger partial charge in [-0.25, -0.2) is 0 Å². The number of methoxy groups -OCH3 is 1. The molecule has 0 atom stereocenters. The average molecular weight is 1300 g/mol. The van der Waals surface area contributed by atoms with Crippen molar-refractivity contribution < 1.29 is 58.2 Å². The molecule has 4 aromatic carbocycles. The van der Waals surface area contributed by atoms with Crippen molar-refractivity contribution in [1.29, 1.82) is 0 Å². The maximum atomic E-state index is 13.6.